The van der Waals surface area contributed by atoms with Crippen molar-refractivity contribution in [1.29, 1.82) is 0 Å². The van der Waals surface area contributed by atoms with Crippen molar-refractivity contribution in [2.24, 2.45) is 0 Å². The molecule has 0 unspecified atom stereocenters. The highest BCUT2D eigenvalue weighted by Gasteiger charge is 2.39. The Labute approximate surface area is 281 Å². The number of alkyl carbamates (subject to hydrolysis) is 1. The first-order valence-corrected chi connectivity index (χ1v) is 16.4. The molecule has 0 aromatic heterocycles. The van der Waals surface area contributed by atoms with Gasteiger partial charge in [-0.15, -0.1) is 0 Å². The van der Waals surface area contributed by atoms with Gasteiger partial charge >= 0.3 is 12.1 Å². The Morgan fingerprint density at radius 1 is 0.750 bits per heavy atom. The fourth-order valence-electron chi connectivity index (χ4n) is 5.88. The zero-order chi connectivity index (χ0) is 34.1. The topological polar surface area (TPSA) is 114 Å². The van der Waals surface area contributed by atoms with Crippen LogP contribution in [0.25, 0.3) is 10.8 Å². The molecule has 1 saturated heterocycles. The van der Waals surface area contributed by atoms with Crippen molar-refractivity contribution in [1.82, 2.24) is 15.5 Å². The fourth-order valence-corrected chi connectivity index (χ4v) is 5.88. The summed E-state index contributed by atoms with van der Waals surface area (Å²) >= 11 is 0. The number of hydrogen-bond donors (Lipinski definition) is 2. The van der Waals surface area contributed by atoms with E-state index in [1.807, 2.05) is 103 Å². The van der Waals surface area contributed by atoms with Crippen LogP contribution in [0.2, 0.25) is 0 Å². The molecule has 0 radical (unpaired) electrons. The molecule has 2 N–H and O–H groups in total. The van der Waals surface area contributed by atoms with Crippen LogP contribution in [0.3, 0.4) is 0 Å². The summed E-state index contributed by atoms with van der Waals surface area (Å²) in [5.41, 5.74) is 1.74. The molecule has 5 rings (SSSR count). The number of carbonyl (C=O) groups is 4. The molecular formula is C39H43N3O6. The van der Waals surface area contributed by atoms with Crippen molar-refractivity contribution >= 4 is 34.6 Å². The van der Waals surface area contributed by atoms with Crippen molar-refractivity contribution < 1.29 is 28.7 Å². The Balaban J connectivity index is 1.37. The van der Waals surface area contributed by atoms with E-state index in [0.29, 0.717) is 19.4 Å². The predicted molar refractivity (Wildman–Crippen MR) is 184 cm³/mol. The Morgan fingerprint density at radius 2 is 1.38 bits per heavy atom. The third kappa shape index (κ3) is 9.44. The zero-order valence-corrected chi connectivity index (χ0v) is 27.7. The molecule has 3 amide bonds. The third-order valence-corrected chi connectivity index (χ3v) is 8.19. The van der Waals surface area contributed by atoms with Crippen molar-refractivity contribution in [3.63, 3.8) is 0 Å². The van der Waals surface area contributed by atoms with E-state index in [0.717, 1.165) is 27.5 Å². The molecule has 0 spiro atoms. The highest BCUT2D eigenvalue weighted by molar-refractivity contribution is 5.94. The van der Waals surface area contributed by atoms with Gasteiger partial charge in [-0.3, -0.25) is 9.59 Å². The number of carbonyl (C=O) groups excluding carboxylic acids is 4. The van der Waals surface area contributed by atoms with E-state index < -0.39 is 41.7 Å². The smallest absolute Gasteiger partial charge is 0.408 e. The summed E-state index contributed by atoms with van der Waals surface area (Å²) in [6.07, 6.45) is 0.725. The predicted octanol–water partition coefficient (Wildman–Crippen LogP) is 5.74. The molecule has 48 heavy (non-hydrogen) atoms. The first-order chi connectivity index (χ1) is 23.1. The average Bonchev–Trinajstić information content (AvgIpc) is 3.57. The molecule has 250 valence electrons. The average molecular weight is 650 g/mol. The molecule has 1 fully saturated rings. The Kier molecular flexibility index (Phi) is 11.1. The maximum atomic E-state index is 14.2. The molecule has 4 aromatic rings. The lowest BCUT2D eigenvalue weighted by Crippen LogP contribution is -2.57. The fraction of sp³-hybridized carbons (Fsp3) is 0.333. The van der Waals surface area contributed by atoms with Crippen molar-refractivity contribution in [3.05, 3.63) is 120 Å². The summed E-state index contributed by atoms with van der Waals surface area (Å²) in [7, 11) is 0. The minimum Gasteiger partial charge on any atom is -0.459 e. The Bertz CT molecular complexity index is 1720. The molecule has 9 heteroatoms. The highest BCUT2D eigenvalue weighted by atomic mass is 16.6. The van der Waals surface area contributed by atoms with E-state index in [-0.39, 0.29) is 25.4 Å². The lowest BCUT2D eigenvalue weighted by atomic mass is 10.00. The van der Waals surface area contributed by atoms with Crippen molar-refractivity contribution in [2.45, 2.75) is 76.8 Å². The van der Waals surface area contributed by atoms with Crippen LogP contribution in [0.4, 0.5) is 4.79 Å². The first kappa shape index (κ1) is 34.2. The van der Waals surface area contributed by atoms with Gasteiger partial charge in [-0.1, -0.05) is 103 Å². The van der Waals surface area contributed by atoms with Gasteiger partial charge in [0.05, 0.1) is 0 Å². The molecule has 9 nitrogen and oxygen atoms in total. The van der Waals surface area contributed by atoms with Crippen LogP contribution in [-0.4, -0.2) is 59.0 Å². The van der Waals surface area contributed by atoms with Crippen LogP contribution in [0.1, 0.15) is 50.3 Å². The van der Waals surface area contributed by atoms with Gasteiger partial charge in [-0.05, 0) is 61.1 Å². The summed E-state index contributed by atoms with van der Waals surface area (Å²) in [4.78, 5) is 55.9. The number of nitrogens with one attached hydrogen (secondary N) is 2. The summed E-state index contributed by atoms with van der Waals surface area (Å²) in [5, 5.41) is 7.72. The summed E-state index contributed by atoms with van der Waals surface area (Å²) in [5.74, 6) is -1.39. The van der Waals surface area contributed by atoms with E-state index in [4.69, 9.17) is 9.47 Å². The van der Waals surface area contributed by atoms with E-state index in [1.165, 1.54) is 4.90 Å². The van der Waals surface area contributed by atoms with Gasteiger partial charge in [-0.25, -0.2) is 9.59 Å². The van der Waals surface area contributed by atoms with Gasteiger partial charge < -0.3 is 25.0 Å². The molecule has 3 atom stereocenters. The van der Waals surface area contributed by atoms with Gasteiger partial charge in [0.15, 0.2) is 0 Å². The lowest BCUT2D eigenvalue weighted by Gasteiger charge is -2.30. The second kappa shape index (κ2) is 15.6. The van der Waals surface area contributed by atoms with Crippen LogP contribution in [-0.2, 0) is 43.3 Å². The number of hydrogen-bond acceptors (Lipinski definition) is 6. The summed E-state index contributed by atoms with van der Waals surface area (Å²) in [6, 6.07) is 29.7. The first-order valence-electron chi connectivity index (χ1n) is 16.4. The van der Waals surface area contributed by atoms with Crippen LogP contribution in [0.15, 0.2) is 103 Å². The molecule has 4 aromatic carbocycles. The third-order valence-electron chi connectivity index (χ3n) is 8.19. The van der Waals surface area contributed by atoms with Gasteiger partial charge in [0, 0.05) is 19.4 Å². The summed E-state index contributed by atoms with van der Waals surface area (Å²) < 4.78 is 11.1. The number of likely N-dealkylation sites (tertiary alicyclic amines) is 1. The van der Waals surface area contributed by atoms with E-state index >= 15 is 0 Å². The Hall–Kier alpha value is -5.18. The molecular weight excluding hydrogens is 606 g/mol. The highest BCUT2D eigenvalue weighted by Crippen LogP contribution is 2.22. The normalized spacial score (nSPS) is 15.7. The monoisotopic (exact) mass is 649 g/mol. The second-order valence-electron chi connectivity index (χ2n) is 13.1. The number of fused-ring (bicyclic) bond motifs is 1. The van der Waals surface area contributed by atoms with Crippen molar-refractivity contribution in [3.8, 4) is 0 Å². The molecule has 0 saturated carbocycles. The van der Waals surface area contributed by atoms with Crippen molar-refractivity contribution in [2.75, 3.05) is 6.54 Å². The number of amides is 3. The standard InChI is InChI=1S/C39H43N3O6/c1-39(2,3)48-38(46)41-32(25-29-20-21-30-17-10-11-18-31(30)23-29)35(43)40-33(24-27-13-6-4-7-14-27)36(44)42-22-12-19-34(42)37(45)47-26-28-15-8-5-9-16-28/h4-11,13-18,20-21,23,32-34H,12,19,22,24-26H2,1-3H3,(H,40,43)(H,41,46)/t32-,33+,34-/m1/s1. The molecule has 0 aliphatic carbocycles. The maximum Gasteiger partial charge on any atom is 0.408 e. The van der Waals surface area contributed by atoms with Gasteiger partial charge in [0.1, 0.15) is 30.3 Å². The number of esters is 1. The minimum atomic E-state index is -1.04. The van der Waals surface area contributed by atoms with Crippen LogP contribution >= 0.6 is 0 Å². The maximum absolute atomic E-state index is 14.2. The van der Waals surface area contributed by atoms with Crippen LogP contribution in [0.5, 0.6) is 0 Å². The quantitative estimate of drug-likeness (QED) is 0.201. The summed E-state index contributed by atoms with van der Waals surface area (Å²) in [6.45, 7) is 5.71. The van der Waals surface area contributed by atoms with E-state index in [9.17, 15) is 19.2 Å². The number of benzene rings is 4. The van der Waals surface area contributed by atoms with Crippen LogP contribution < -0.4 is 10.6 Å². The molecule has 0 bridgehead atoms. The number of nitrogens with zero attached hydrogens (tertiary/aromatic N) is 1. The van der Waals surface area contributed by atoms with E-state index in [2.05, 4.69) is 10.6 Å². The van der Waals surface area contributed by atoms with Gasteiger partial charge in [0.25, 0.3) is 0 Å². The SMILES string of the molecule is CC(C)(C)OC(=O)N[C@H](Cc1ccc2ccccc2c1)C(=O)N[C@@H](Cc1ccccc1)C(=O)N1CCC[C@@H]1C(=O)OCc1ccccc1. The molecule has 1 heterocycles. The minimum absolute atomic E-state index is 0.106. The number of ether oxygens (including phenoxy) is 2. The van der Waals surface area contributed by atoms with E-state index in [1.54, 1.807) is 20.8 Å². The largest absolute Gasteiger partial charge is 0.459 e. The van der Waals surface area contributed by atoms with Gasteiger partial charge in [-0.2, -0.15) is 0 Å². The Morgan fingerprint density at radius 3 is 2.06 bits per heavy atom. The lowest BCUT2D eigenvalue weighted by molar-refractivity contribution is -0.155. The van der Waals surface area contributed by atoms with Crippen LogP contribution in [0, 0.1) is 0 Å². The molecule has 1 aliphatic heterocycles. The second-order valence-corrected chi connectivity index (χ2v) is 13.1. The zero-order valence-electron chi connectivity index (χ0n) is 27.7. The van der Waals surface area contributed by atoms with Gasteiger partial charge in [0.2, 0.25) is 11.8 Å². The molecule has 1 aliphatic rings. The number of rotatable bonds is 11.